The number of rotatable bonds is 7. The minimum Gasteiger partial charge on any atom is -0.394 e. The quantitative estimate of drug-likeness (QED) is 0.435. The zero-order chi connectivity index (χ0) is 21.7. The number of likely N-dealkylation sites (tertiary alicyclic amines) is 1. The Morgan fingerprint density at radius 2 is 1.30 bits per heavy atom. The molecule has 3 rings (SSSR count). The number of aliphatic hydroxyl groups excluding tert-OH is 5. The zero-order valence-corrected chi connectivity index (χ0v) is 16.7. The lowest BCUT2D eigenvalue weighted by Crippen LogP contribution is -2.55. The van der Waals surface area contributed by atoms with Crippen molar-refractivity contribution in [3.63, 3.8) is 0 Å². The summed E-state index contributed by atoms with van der Waals surface area (Å²) in [5.74, 6) is -0.707. The molecule has 0 unspecified atom stereocenters. The molecule has 0 bridgehead atoms. The smallest absolute Gasteiger partial charge is 0.254 e. The lowest BCUT2D eigenvalue weighted by Gasteiger charge is -2.43. The summed E-state index contributed by atoms with van der Waals surface area (Å²) in [6, 6.07) is 20.2. The molecule has 7 nitrogen and oxygen atoms in total. The van der Waals surface area contributed by atoms with E-state index < -0.39 is 36.9 Å². The number of hydrogen-bond donors (Lipinski definition) is 5. The van der Waals surface area contributed by atoms with Gasteiger partial charge in [0.05, 0.1) is 6.61 Å². The van der Waals surface area contributed by atoms with Crippen molar-refractivity contribution < 1.29 is 30.3 Å². The Morgan fingerprint density at radius 3 is 1.73 bits per heavy atom. The Bertz CT molecular complexity index is 765. The van der Waals surface area contributed by atoms with E-state index >= 15 is 0 Å². The maximum Gasteiger partial charge on any atom is 0.254 e. The Labute approximate surface area is 175 Å². The first-order chi connectivity index (χ1) is 14.4. The molecule has 0 saturated carbocycles. The molecular formula is C23H29NO6. The van der Waals surface area contributed by atoms with Gasteiger partial charge in [-0.3, -0.25) is 4.79 Å². The fourth-order valence-electron chi connectivity index (χ4n) is 4.22. The average Bonchev–Trinajstić information content (AvgIpc) is 2.82. The first kappa shape index (κ1) is 22.4. The predicted octanol–water partition coefficient (Wildman–Crippen LogP) is 0.0310. The van der Waals surface area contributed by atoms with E-state index in [4.69, 9.17) is 5.11 Å². The van der Waals surface area contributed by atoms with Crippen molar-refractivity contribution >= 4 is 5.91 Å². The van der Waals surface area contributed by atoms with E-state index in [9.17, 15) is 25.2 Å². The fraction of sp³-hybridized carbons (Fsp3) is 0.435. The van der Waals surface area contributed by atoms with Gasteiger partial charge in [0.1, 0.15) is 18.3 Å². The van der Waals surface area contributed by atoms with Crippen LogP contribution in [0, 0.1) is 0 Å². The highest BCUT2D eigenvalue weighted by atomic mass is 16.4. The average molecular weight is 415 g/mol. The maximum absolute atomic E-state index is 12.7. The molecule has 30 heavy (non-hydrogen) atoms. The van der Waals surface area contributed by atoms with E-state index in [1.54, 1.807) is 0 Å². The second-order valence-corrected chi connectivity index (χ2v) is 7.82. The van der Waals surface area contributed by atoms with E-state index in [2.05, 4.69) is 24.3 Å². The van der Waals surface area contributed by atoms with Crippen molar-refractivity contribution in [1.29, 1.82) is 0 Å². The standard InChI is InChI=1S/C23H29NO6/c25-15-18(26)19(27)20(28)21(29)22(30)24-13-11-23(12-14-24,16-7-3-1-4-8-16)17-9-5-2-6-10-17/h1-10,18-21,25-29H,11-15H2/t18-,19-,20+,21-/m1/s1. The summed E-state index contributed by atoms with van der Waals surface area (Å²) < 4.78 is 0. The number of hydrogen-bond acceptors (Lipinski definition) is 6. The third kappa shape index (κ3) is 4.40. The SMILES string of the molecule is O=C([C@H](O)[C@@H](O)[C@H](O)[C@H](O)CO)N1CCC(c2ccccc2)(c2ccccc2)CC1. The van der Waals surface area contributed by atoms with Gasteiger partial charge in [-0.2, -0.15) is 0 Å². The highest BCUT2D eigenvalue weighted by Gasteiger charge is 2.42. The first-order valence-corrected chi connectivity index (χ1v) is 10.1. The highest BCUT2D eigenvalue weighted by molar-refractivity contribution is 5.81. The highest BCUT2D eigenvalue weighted by Crippen LogP contribution is 2.41. The molecule has 4 atom stereocenters. The summed E-state index contributed by atoms with van der Waals surface area (Å²) in [5, 5.41) is 48.4. The van der Waals surface area contributed by atoms with Gasteiger partial charge in [-0.25, -0.2) is 0 Å². The minimum atomic E-state index is -1.89. The van der Waals surface area contributed by atoms with Crippen molar-refractivity contribution in [2.75, 3.05) is 19.7 Å². The van der Waals surface area contributed by atoms with Crippen LogP contribution in [-0.4, -0.2) is 80.5 Å². The number of carbonyl (C=O) groups is 1. The molecule has 2 aromatic carbocycles. The summed E-state index contributed by atoms with van der Waals surface area (Å²) in [5.41, 5.74) is 2.05. The molecule has 1 saturated heterocycles. The number of nitrogens with zero attached hydrogens (tertiary/aromatic N) is 1. The Balaban J connectivity index is 1.76. The summed E-state index contributed by atoms with van der Waals surface area (Å²) >= 11 is 0. The van der Waals surface area contributed by atoms with Crippen molar-refractivity contribution in [3.8, 4) is 0 Å². The molecule has 1 amide bonds. The van der Waals surface area contributed by atoms with Crippen LogP contribution in [0.15, 0.2) is 60.7 Å². The zero-order valence-electron chi connectivity index (χ0n) is 16.7. The predicted molar refractivity (Wildman–Crippen MR) is 111 cm³/mol. The maximum atomic E-state index is 12.7. The van der Waals surface area contributed by atoms with Crippen LogP contribution in [0.1, 0.15) is 24.0 Å². The summed E-state index contributed by atoms with van der Waals surface area (Å²) in [7, 11) is 0. The Hall–Kier alpha value is -2.29. The van der Waals surface area contributed by atoms with Crippen molar-refractivity contribution in [1.82, 2.24) is 4.90 Å². The molecule has 2 aromatic rings. The van der Waals surface area contributed by atoms with Crippen molar-refractivity contribution in [2.45, 2.75) is 42.7 Å². The molecule has 1 aliphatic heterocycles. The Kier molecular flexibility index (Phi) is 7.23. The summed E-state index contributed by atoms with van der Waals surface area (Å²) in [4.78, 5) is 14.2. The van der Waals surface area contributed by atoms with E-state index in [1.807, 2.05) is 36.4 Å². The number of piperidine rings is 1. The molecule has 0 aromatic heterocycles. The van der Waals surface area contributed by atoms with Gasteiger partial charge in [-0.05, 0) is 24.0 Å². The number of amides is 1. The fourth-order valence-corrected chi connectivity index (χ4v) is 4.22. The van der Waals surface area contributed by atoms with E-state index in [-0.39, 0.29) is 5.41 Å². The number of aliphatic hydroxyl groups is 5. The second-order valence-electron chi connectivity index (χ2n) is 7.82. The van der Waals surface area contributed by atoms with Gasteiger partial charge >= 0.3 is 0 Å². The van der Waals surface area contributed by atoms with Crippen LogP contribution in [0.3, 0.4) is 0 Å². The third-order valence-corrected chi connectivity index (χ3v) is 6.09. The van der Waals surface area contributed by atoms with Gasteiger partial charge < -0.3 is 30.4 Å². The van der Waals surface area contributed by atoms with E-state index in [0.29, 0.717) is 25.9 Å². The lowest BCUT2D eigenvalue weighted by atomic mass is 9.68. The van der Waals surface area contributed by atoms with Gasteiger partial charge in [0.2, 0.25) is 0 Å². The molecule has 1 heterocycles. The molecule has 5 N–H and O–H groups in total. The largest absolute Gasteiger partial charge is 0.394 e. The van der Waals surface area contributed by atoms with E-state index in [0.717, 1.165) is 11.1 Å². The minimum absolute atomic E-state index is 0.268. The normalized spacial score (nSPS) is 20.2. The van der Waals surface area contributed by atoms with Crippen LogP contribution >= 0.6 is 0 Å². The molecular weight excluding hydrogens is 386 g/mol. The van der Waals surface area contributed by atoms with Crippen LogP contribution < -0.4 is 0 Å². The number of benzene rings is 2. The Morgan fingerprint density at radius 1 is 0.833 bits per heavy atom. The van der Waals surface area contributed by atoms with Crippen LogP contribution in [0.2, 0.25) is 0 Å². The monoisotopic (exact) mass is 415 g/mol. The second kappa shape index (κ2) is 9.68. The molecule has 0 aliphatic carbocycles. The van der Waals surface area contributed by atoms with Crippen LogP contribution in [0.25, 0.3) is 0 Å². The summed E-state index contributed by atoms with van der Waals surface area (Å²) in [6.07, 6.45) is -5.98. The van der Waals surface area contributed by atoms with Crippen LogP contribution in [0.4, 0.5) is 0 Å². The molecule has 1 aliphatic rings. The van der Waals surface area contributed by atoms with Crippen molar-refractivity contribution in [2.24, 2.45) is 0 Å². The van der Waals surface area contributed by atoms with Gasteiger partial charge in [-0.15, -0.1) is 0 Å². The van der Waals surface area contributed by atoms with Gasteiger partial charge in [0.15, 0.2) is 6.10 Å². The van der Waals surface area contributed by atoms with Crippen molar-refractivity contribution in [3.05, 3.63) is 71.8 Å². The molecule has 162 valence electrons. The van der Waals surface area contributed by atoms with E-state index in [1.165, 1.54) is 4.90 Å². The van der Waals surface area contributed by atoms with Gasteiger partial charge in [0, 0.05) is 18.5 Å². The third-order valence-electron chi connectivity index (χ3n) is 6.09. The lowest BCUT2D eigenvalue weighted by molar-refractivity contribution is -0.159. The molecule has 0 spiro atoms. The van der Waals surface area contributed by atoms with Crippen LogP contribution in [-0.2, 0) is 10.2 Å². The molecule has 1 fully saturated rings. The molecule has 7 heteroatoms. The summed E-state index contributed by atoms with van der Waals surface area (Å²) in [6.45, 7) is -0.0599. The van der Waals surface area contributed by atoms with Gasteiger partial charge in [0.25, 0.3) is 5.91 Å². The topological polar surface area (TPSA) is 121 Å². The first-order valence-electron chi connectivity index (χ1n) is 10.1. The molecule has 0 radical (unpaired) electrons. The van der Waals surface area contributed by atoms with Gasteiger partial charge in [-0.1, -0.05) is 60.7 Å². The van der Waals surface area contributed by atoms with Crippen LogP contribution in [0.5, 0.6) is 0 Å². The number of carbonyl (C=O) groups excluding carboxylic acids is 1.